The second kappa shape index (κ2) is 13.4. The molecule has 0 fully saturated rings. The first-order valence-electron chi connectivity index (χ1n) is 13.3. The largest absolute Gasteiger partial charge is 0.335 e. The first kappa shape index (κ1) is 25.3. The Balaban J connectivity index is 1.82. The van der Waals surface area contributed by atoms with Gasteiger partial charge in [-0.05, 0) is 30.4 Å². The molecule has 1 heterocycles. The zero-order chi connectivity index (χ0) is 23.4. The van der Waals surface area contributed by atoms with Crippen LogP contribution in [-0.4, -0.2) is 9.55 Å². The van der Waals surface area contributed by atoms with Gasteiger partial charge in [-0.25, -0.2) is 4.98 Å². The lowest BCUT2D eigenvalue weighted by Gasteiger charge is -2.39. The lowest BCUT2D eigenvalue weighted by atomic mass is 9.66. The van der Waals surface area contributed by atoms with Crippen molar-refractivity contribution < 1.29 is 0 Å². The van der Waals surface area contributed by atoms with Crippen LogP contribution in [0.3, 0.4) is 0 Å². The Kier molecular flexibility index (Phi) is 10.2. The molecule has 178 valence electrons. The first-order valence-corrected chi connectivity index (χ1v) is 13.3. The third kappa shape index (κ3) is 7.06. The molecule has 2 heteroatoms. The summed E-state index contributed by atoms with van der Waals surface area (Å²) in [6, 6.07) is 22.1. The first-order chi connectivity index (χ1) is 16.2. The van der Waals surface area contributed by atoms with Crippen LogP contribution in [0.2, 0.25) is 0 Å². The number of aryl methyl sites for hydroxylation is 1. The third-order valence-electron chi connectivity index (χ3n) is 7.26. The molecule has 1 aromatic heterocycles. The highest BCUT2D eigenvalue weighted by atomic mass is 15.1. The van der Waals surface area contributed by atoms with Crippen molar-refractivity contribution in [2.24, 2.45) is 0 Å². The van der Waals surface area contributed by atoms with Crippen molar-refractivity contribution in [2.45, 2.75) is 103 Å². The standard InChI is InChI=1S/C31H44N2/c1-4-6-7-8-9-10-17-24-33-25-23-32-30(33)29(18-5-2)31(3,28-21-15-12-16-22-28)26-27-19-13-11-14-20-27/h11-16,19-23,25,29H,4-10,17-18,24,26H2,1-3H3. The highest BCUT2D eigenvalue weighted by Crippen LogP contribution is 2.44. The fraction of sp³-hybridized carbons (Fsp3) is 0.516. The Bertz CT molecular complexity index is 899. The molecule has 0 saturated carbocycles. The van der Waals surface area contributed by atoms with Crippen molar-refractivity contribution in [1.29, 1.82) is 0 Å². The van der Waals surface area contributed by atoms with E-state index in [4.69, 9.17) is 4.98 Å². The molecule has 0 aliphatic carbocycles. The van der Waals surface area contributed by atoms with Gasteiger partial charge in [-0.1, -0.05) is 126 Å². The van der Waals surface area contributed by atoms with Crippen LogP contribution in [0.1, 0.15) is 101 Å². The molecule has 2 unspecified atom stereocenters. The smallest absolute Gasteiger partial charge is 0.112 e. The van der Waals surface area contributed by atoms with E-state index in [1.165, 1.54) is 61.9 Å². The van der Waals surface area contributed by atoms with Crippen molar-refractivity contribution in [1.82, 2.24) is 9.55 Å². The van der Waals surface area contributed by atoms with Gasteiger partial charge in [0, 0.05) is 30.3 Å². The minimum Gasteiger partial charge on any atom is -0.335 e. The lowest BCUT2D eigenvalue weighted by molar-refractivity contribution is 0.328. The number of hydrogen-bond donors (Lipinski definition) is 0. The molecule has 0 spiro atoms. The predicted octanol–water partition coefficient (Wildman–Crippen LogP) is 8.72. The fourth-order valence-corrected chi connectivity index (χ4v) is 5.35. The van der Waals surface area contributed by atoms with Gasteiger partial charge in [0.15, 0.2) is 0 Å². The maximum absolute atomic E-state index is 4.97. The Morgan fingerprint density at radius 1 is 0.788 bits per heavy atom. The zero-order valence-electron chi connectivity index (χ0n) is 21.2. The van der Waals surface area contributed by atoms with Gasteiger partial charge in [-0.2, -0.15) is 0 Å². The number of aromatic nitrogens is 2. The highest BCUT2D eigenvalue weighted by molar-refractivity contribution is 5.33. The predicted molar refractivity (Wildman–Crippen MR) is 142 cm³/mol. The van der Waals surface area contributed by atoms with Gasteiger partial charge in [0.25, 0.3) is 0 Å². The average molecular weight is 445 g/mol. The summed E-state index contributed by atoms with van der Waals surface area (Å²) in [7, 11) is 0. The third-order valence-corrected chi connectivity index (χ3v) is 7.26. The average Bonchev–Trinajstić information content (AvgIpc) is 3.31. The summed E-state index contributed by atoms with van der Waals surface area (Å²) < 4.78 is 2.46. The number of nitrogens with zero attached hydrogens (tertiary/aromatic N) is 2. The van der Waals surface area contributed by atoms with E-state index in [9.17, 15) is 0 Å². The maximum atomic E-state index is 4.97. The fourth-order valence-electron chi connectivity index (χ4n) is 5.35. The van der Waals surface area contributed by atoms with Gasteiger partial charge >= 0.3 is 0 Å². The molecule has 0 aliphatic heterocycles. The van der Waals surface area contributed by atoms with Crippen LogP contribution in [0.4, 0.5) is 0 Å². The summed E-state index contributed by atoms with van der Waals surface area (Å²) in [5.41, 5.74) is 2.80. The van der Waals surface area contributed by atoms with Gasteiger partial charge in [0.05, 0.1) is 0 Å². The Morgan fingerprint density at radius 2 is 1.42 bits per heavy atom. The van der Waals surface area contributed by atoms with Crippen LogP contribution in [0.15, 0.2) is 73.1 Å². The van der Waals surface area contributed by atoms with Crippen LogP contribution in [0.25, 0.3) is 0 Å². The van der Waals surface area contributed by atoms with E-state index in [0.717, 1.165) is 25.8 Å². The van der Waals surface area contributed by atoms with E-state index in [0.29, 0.717) is 5.92 Å². The number of rotatable bonds is 15. The molecular weight excluding hydrogens is 400 g/mol. The van der Waals surface area contributed by atoms with Crippen molar-refractivity contribution in [3.05, 3.63) is 90.0 Å². The molecule has 3 rings (SSSR count). The molecule has 0 radical (unpaired) electrons. The Labute approximate surface area is 202 Å². The SMILES string of the molecule is CCCCCCCCCn1ccnc1C(CCC)C(C)(Cc1ccccc1)c1ccccc1. The van der Waals surface area contributed by atoms with Crippen LogP contribution in [-0.2, 0) is 18.4 Å². The summed E-state index contributed by atoms with van der Waals surface area (Å²) >= 11 is 0. The summed E-state index contributed by atoms with van der Waals surface area (Å²) in [4.78, 5) is 4.97. The normalized spacial score (nSPS) is 14.2. The van der Waals surface area contributed by atoms with Gasteiger partial charge in [0.1, 0.15) is 5.82 Å². The van der Waals surface area contributed by atoms with Gasteiger partial charge < -0.3 is 4.57 Å². The van der Waals surface area contributed by atoms with Gasteiger partial charge in [-0.3, -0.25) is 0 Å². The summed E-state index contributed by atoms with van der Waals surface area (Å²) in [5, 5.41) is 0. The van der Waals surface area contributed by atoms with E-state index in [1.54, 1.807) is 0 Å². The van der Waals surface area contributed by atoms with E-state index in [2.05, 4.69) is 92.2 Å². The minimum absolute atomic E-state index is 0.0120. The van der Waals surface area contributed by atoms with Crippen LogP contribution < -0.4 is 0 Å². The highest BCUT2D eigenvalue weighted by Gasteiger charge is 2.38. The van der Waals surface area contributed by atoms with E-state index >= 15 is 0 Å². The molecule has 2 aromatic carbocycles. The van der Waals surface area contributed by atoms with E-state index < -0.39 is 0 Å². The molecule has 2 nitrogen and oxygen atoms in total. The summed E-state index contributed by atoms with van der Waals surface area (Å²) in [6.45, 7) is 8.14. The molecule has 0 amide bonds. The monoisotopic (exact) mass is 444 g/mol. The van der Waals surface area contributed by atoms with E-state index in [1.807, 2.05) is 6.20 Å². The second-order valence-corrected chi connectivity index (χ2v) is 9.89. The Morgan fingerprint density at radius 3 is 2.09 bits per heavy atom. The number of unbranched alkanes of at least 4 members (excludes halogenated alkanes) is 6. The molecule has 0 aliphatic rings. The number of benzene rings is 2. The molecule has 0 bridgehead atoms. The summed E-state index contributed by atoms with van der Waals surface area (Å²) in [5.74, 6) is 1.65. The van der Waals surface area contributed by atoms with Crippen molar-refractivity contribution in [3.8, 4) is 0 Å². The van der Waals surface area contributed by atoms with Gasteiger partial charge in [0.2, 0.25) is 0 Å². The van der Waals surface area contributed by atoms with E-state index in [-0.39, 0.29) is 5.41 Å². The quantitative estimate of drug-likeness (QED) is 0.214. The molecule has 0 saturated heterocycles. The molecular formula is C31H44N2. The lowest BCUT2D eigenvalue weighted by Crippen LogP contribution is -2.35. The second-order valence-electron chi connectivity index (χ2n) is 9.89. The topological polar surface area (TPSA) is 17.8 Å². The zero-order valence-corrected chi connectivity index (χ0v) is 21.2. The molecule has 33 heavy (non-hydrogen) atoms. The minimum atomic E-state index is -0.0120. The molecule has 0 N–H and O–H groups in total. The Hall–Kier alpha value is -2.35. The van der Waals surface area contributed by atoms with Gasteiger partial charge in [-0.15, -0.1) is 0 Å². The van der Waals surface area contributed by atoms with Crippen LogP contribution in [0, 0.1) is 0 Å². The number of imidazole rings is 1. The summed E-state index contributed by atoms with van der Waals surface area (Å²) in [6.07, 6.45) is 16.9. The maximum Gasteiger partial charge on any atom is 0.112 e. The van der Waals surface area contributed by atoms with Crippen LogP contribution in [0.5, 0.6) is 0 Å². The van der Waals surface area contributed by atoms with Crippen molar-refractivity contribution in [2.75, 3.05) is 0 Å². The number of hydrogen-bond acceptors (Lipinski definition) is 1. The van der Waals surface area contributed by atoms with Crippen LogP contribution >= 0.6 is 0 Å². The van der Waals surface area contributed by atoms with Crippen molar-refractivity contribution >= 4 is 0 Å². The molecule has 3 aromatic rings. The molecule has 2 atom stereocenters. The van der Waals surface area contributed by atoms with Crippen molar-refractivity contribution in [3.63, 3.8) is 0 Å².